The second kappa shape index (κ2) is 9.84. The summed E-state index contributed by atoms with van der Waals surface area (Å²) in [5, 5.41) is 0. The Labute approximate surface area is 202 Å². The number of fused-ring (bicyclic) bond motifs is 1. The molecule has 0 bridgehead atoms. The molecule has 1 fully saturated rings. The van der Waals surface area contributed by atoms with Gasteiger partial charge in [-0.15, -0.1) is 0 Å². The zero-order valence-electron chi connectivity index (χ0n) is 20.3. The summed E-state index contributed by atoms with van der Waals surface area (Å²) >= 11 is 0. The second-order valence-electron chi connectivity index (χ2n) is 9.04. The lowest BCUT2D eigenvalue weighted by Crippen LogP contribution is -2.55. The summed E-state index contributed by atoms with van der Waals surface area (Å²) in [6.45, 7) is 9.36. The first-order valence-electron chi connectivity index (χ1n) is 11.6. The number of aryl methyl sites for hydroxylation is 2. The molecule has 9 heteroatoms. The molecular weight excluding hydrogens is 454 g/mol. The molecule has 34 heavy (non-hydrogen) atoms. The van der Waals surface area contributed by atoms with E-state index in [9.17, 15) is 13.2 Å². The Balaban J connectivity index is 1.44. The normalized spacial score (nSPS) is 17.0. The fraction of sp³-hybridized carbons (Fsp3) is 0.480. The van der Waals surface area contributed by atoms with Crippen LogP contribution in [0, 0.1) is 13.8 Å². The van der Waals surface area contributed by atoms with Crippen LogP contribution in [0.5, 0.6) is 11.5 Å². The van der Waals surface area contributed by atoms with Crippen molar-refractivity contribution in [2.45, 2.75) is 39.8 Å². The predicted octanol–water partition coefficient (Wildman–Crippen LogP) is 2.92. The van der Waals surface area contributed by atoms with Gasteiger partial charge in [-0.25, -0.2) is 8.42 Å². The second-order valence-corrected chi connectivity index (χ2v) is 10.9. The van der Waals surface area contributed by atoms with Crippen molar-refractivity contribution >= 4 is 21.6 Å². The summed E-state index contributed by atoms with van der Waals surface area (Å²) in [4.78, 5) is 17.6. The van der Waals surface area contributed by atoms with Gasteiger partial charge < -0.3 is 14.4 Å². The molecule has 2 aromatic carbocycles. The van der Waals surface area contributed by atoms with Gasteiger partial charge in [-0.3, -0.25) is 14.0 Å². The summed E-state index contributed by atoms with van der Waals surface area (Å²) in [7, 11) is -3.65. The third kappa shape index (κ3) is 5.15. The number of ether oxygens (including phenoxy) is 2. The van der Waals surface area contributed by atoms with E-state index < -0.39 is 16.1 Å². The first kappa shape index (κ1) is 24.3. The maximum absolute atomic E-state index is 13.5. The molecule has 1 amide bonds. The molecule has 184 valence electrons. The molecule has 2 aromatic rings. The lowest BCUT2D eigenvalue weighted by Gasteiger charge is -2.39. The SMILES string of the molecule is CCC(C(=O)N1CCN(Cc2ccc3c(c2)OCO3)CC1)N(c1ccc(C)c(C)c1)S(C)(=O)=O. The standard InChI is InChI=1S/C25H33N3O5S/c1-5-22(28(34(4,30)31)21-8-6-18(2)19(3)14-21)25(29)27-12-10-26(11-13-27)16-20-7-9-23-24(15-20)33-17-32-23/h6-9,14-15,22H,5,10-13,16-17H2,1-4H3. The van der Waals surface area contributed by atoms with Crippen molar-refractivity contribution in [2.24, 2.45) is 0 Å². The van der Waals surface area contributed by atoms with Gasteiger partial charge in [0.1, 0.15) is 6.04 Å². The average molecular weight is 488 g/mol. The molecule has 2 aliphatic rings. The number of anilines is 1. The molecule has 1 unspecified atom stereocenters. The number of rotatable bonds is 7. The van der Waals surface area contributed by atoms with E-state index in [0.29, 0.717) is 25.2 Å². The van der Waals surface area contributed by atoms with Gasteiger partial charge in [0.05, 0.1) is 11.9 Å². The minimum Gasteiger partial charge on any atom is -0.454 e. The van der Waals surface area contributed by atoms with E-state index in [-0.39, 0.29) is 12.7 Å². The molecule has 1 atom stereocenters. The number of carbonyl (C=O) groups excluding carboxylic acids is 1. The minimum atomic E-state index is -3.65. The quantitative estimate of drug-likeness (QED) is 0.598. The Morgan fingerprint density at radius 2 is 1.71 bits per heavy atom. The molecule has 0 radical (unpaired) electrons. The van der Waals surface area contributed by atoms with E-state index in [1.807, 2.05) is 51.1 Å². The zero-order valence-corrected chi connectivity index (χ0v) is 21.1. The van der Waals surface area contributed by atoms with E-state index in [2.05, 4.69) is 4.90 Å². The number of sulfonamides is 1. The van der Waals surface area contributed by atoms with Crippen LogP contribution in [0.3, 0.4) is 0 Å². The Morgan fingerprint density at radius 3 is 2.35 bits per heavy atom. The summed E-state index contributed by atoms with van der Waals surface area (Å²) in [5.41, 5.74) is 3.74. The fourth-order valence-corrected chi connectivity index (χ4v) is 5.74. The van der Waals surface area contributed by atoms with E-state index in [4.69, 9.17) is 9.47 Å². The molecule has 1 saturated heterocycles. The largest absolute Gasteiger partial charge is 0.454 e. The van der Waals surface area contributed by atoms with Crippen LogP contribution in [-0.4, -0.2) is 69.4 Å². The molecular formula is C25H33N3O5S. The van der Waals surface area contributed by atoms with Gasteiger partial charge in [0.15, 0.2) is 11.5 Å². The predicted molar refractivity (Wildman–Crippen MR) is 132 cm³/mol. The van der Waals surface area contributed by atoms with Crippen LogP contribution in [0.15, 0.2) is 36.4 Å². The van der Waals surface area contributed by atoms with Gasteiger partial charge >= 0.3 is 0 Å². The highest BCUT2D eigenvalue weighted by molar-refractivity contribution is 7.92. The summed E-state index contributed by atoms with van der Waals surface area (Å²) < 4.78 is 37.7. The third-order valence-electron chi connectivity index (χ3n) is 6.58. The van der Waals surface area contributed by atoms with E-state index in [0.717, 1.165) is 47.8 Å². The number of nitrogens with zero attached hydrogens (tertiary/aromatic N) is 3. The number of hydrogen-bond donors (Lipinski definition) is 0. The topological polar surface area (TPSA) is 79.4 Å². The number of benzene rings is 2. The van der Waals surface area contributed by atoms with Gasteiger partial charge in [0, 0.05) is 32.7 Å². The van der Waals surface area contributed by atoms with E-state index >= 15 is 0 Å². The molecule has 2 heterocycles. The highest BCUT2D eigenvalue weighted by Crippen LogP contribution is 2.33. The fourth-order valence-electron chi connectivity index (χ4n) is 4.54. The van der Waals surface area contributed by atoms with Crippen molar-refractivity contribution in [3.05, 3.63) is 53.1 Å². The van der Waals surface area contributed by atoms with Crippen molar-refractivity contribution in [1.29, 1.82) is 0 Å². The average Bonchev–Trinajstić information content (AvgIpc) is 3.26. The van der Waals surface area contributed by atoms with Crippen molar-refractivity contribution in [3.63, 3.8) is 0 Å². The van der Waals surface area contributed by atoms with Crippen LogP contribution in [0.1, 0.15) is 30.0 Å². The maximum atomic E-state index is 13.5. The monoisotopic (exact) mass is 487 g/mol. The van der Waals surface area contributed by atoms with Crippen molar-refractivity contribution in [3.8, 4) is 11.5 Å². The van der Waals surface area contributed by atoms with Crippen molar-refractivity contribution in [2.75, 3.05) is 43.5 Å². The Kier molecular flexibility index (Phi) is 7.04. The molecule has 0 aromatic heterocycles. The number of carbonyl (C=O) groups is 1. The smallest absolute Gasteiger partial charge is 0.246 e. The summed E-state index contributed by atoms with van der Waals surface area (Å²) in [6.07, 6.45) is 1.57. The van der Waals surface area contributed by atoms with Gasteiger partial charge in [0.25, 0.3) is 0 Å². The Hall–Kier alpha value is -2.78. The van der Waals surface area contributed by atoms with Crippen LogP contribution in [0.25, 0.3) is 0 Å². The summed E-state index contributed by atoms with van der Waals surface area (Å²) in [6, 6.07) is 10.7. The molecule has 4 rings (SSSR count). The lowest BCUT2D eigenvalue weighted by atomic mass is 10.1. The zero-order chi connectivity index (χ0) is 24.5. The van der Waals surface area contributed by atoms with Gasteiger partial charge in [-0.05, 0) is 61.2 Å². The molecule has 8 nitrogen and oxygen atoms in total. The van der Waals surface area contributed by atoms with E-state index in [1.165, 1.54) is 10.6 Å². The molecule has 0 N–H and O–H groups in total. The van der Waals surface area contributed by atoms with Crippen molar-refractivity contribution < 1.29 is 22.7 Å². The van der Waals surface area contributed by atoms with E-state index in [1.54, 1.807) is 11.0 Å². The molecule has 2 aliphatic heterocycles. The van der Waals surface area contributed by atoms with Gasteiger partial charge in [-0.2, -0.15) is 0 Å². The van der Waals surface area contributed by atoms with Gasteiger partial charge in [-0.1, -0.05) is 19.1 Å². The first-order valence-corrected chi connectivity index (χ1v) is 13.5. The molecule has 0 saturated carbocycles. The van der Waals surface area contributed by atoms with Gasteiger partial charge in [0.2, 0.25) is 22.7 Å². The molecule has 0 aliphatic carbocycles. The number of piperazine rings is 1. The van der Waals surface area contributed by atoms with Crippen LogP contribution in [0.2, 0.25) is 0 Å². The third-order valence-corrected chi connectivity index (χ3v) is 7.76. The number of hydrogen-bond acceptors (Lipinski definition) is 6. The summed E-state index contributed by atoms with van der Waals surface area (Å²) in [5.74, 6) is 1.39. The van der Waals surface area contributed by atoms with Crippen LogP contribution < -0.4 is 13.8 Å². The maximum Gasteiger partial charge on any atom is 0.246 e. The molecule has 0 spiro atoms. The van der Waals surface area contributed by atoms with Crippen molar-refractivity contribution in [1.82, 2.24) is 9.80 Å². The highest BCUT2D eigenvalue weighted by Gasteiger charge is 2.35. The Morgan fingerprint density at radius 1 is 1.00 bits per heavy atom. The Bertz CT molecular complexity index is 1160. The number of amides is 1. The minimum absolute atomic E-state index is 0.145. The highest BCUT2D eigenvalue weighted by atomic mass is 32.2. The lowest BCUT2D eigenvalue weighted by molar-refractivity contribution is -0.134. The van der Waals surface area contributed by atoms with Crippen LogP contribution >= 0.6 is 0 Å². The first-order chi connectivity index (χ1) is 16.2. The van der Waals surface area contributed by atoms with Crippen LogP contribution in [-0.2, 0) is 21.4 Å². The van der Waals surface area contributed by atoms with Crippen LogP contribution in [0.4, 0.5) is 5.69 Å².